The molecule has 62 heavy (non-hydrogen) atoms. The fourth-order valence-electron chi connectivity index (χ4n) is 9.52. The Bertz CT molecular complexity index is 3630. The number of benzene rings is 11. The van der Waals surface area contributed by atoms with Crippen LogP contribution in [0.15, 0.2) is 241 Å². The molecule has 2 nitrogen and oxygen atoms in total. The van der Waals surface area contributed by atoms with Crippen molar-refractivity contribution in [1.82, 2.24) is 0 Å². The fraction of sp³-hybridized carbons (Fsp3) is 0. The van der Waals surface area contributed by atoms with Gasteiger partial charge in [0, 0.05) is 22.3 Å². The predicted octanol–water partition coefficient (Wildman–Crippen LogP) is 17.2. The lowest BCUT2D eigenvalue weighted by Gasteiger charge is -2.27. The molecule has 0 aliphatic carbocycles. The predicted molar refractivity (Wildman–Crippen MR) is 263 cm³/mol. The second kappa shape index (κ2) is 14.8. The topological polar surface area (TPSA) is 16.4 Å². The van der Waals surface area contributed by atoms with Crippen LogP contribution in [0.4, 0.5) is 17.1 Å². The summed E-state index contributed by atoms with van der Waals surface area (Å²) in [5.74, 6) is 0. The van der Waals surface area contributed by atoms with Gasteiger partial charge in [-0.05, 0) is 126 Å². The van der Waals surface area contributed by atoms with E-state index in [1.165, 1.54) is 54.6 Å². The number of rotatable bonds is 7. The number of furan rings is 1. The average Bonchev–Trinajstić information content (AvgIpc) is 3.75. The van der Waals surface area contributed by atoms with E-state index in [-0.39, 0.29) is 0 Å². The van der Waals surface area contributed by atoms with Crippen LogP contribution in [-0.2, 0) is 0 Å². The average molecular weight is 790 g/mol. The number of hydrogen-bond donors (Lipinski definition) is 0. The molecule has 0 spiro atoms. The first kappa shape index (κ1) is 35.7. The molecule has 0 aliphatic heterocycles. The van der Waals surface area contributed by atoms with E-state index in [4.69, 9.17) is 4.42 Å². The molecule has 1 aromatic heterocycles. The molecule has 11 aromatic carbocycles. The van der Waals surface area contributed by atoms with E-state index < -0.39 is 0 Å². The second-order valence-electron chi connectivity index (χ2n) is 16.0. The molecule has 0 aliphatic rings. The van der Waals surface area contributed by atoms with Crippen molar-refractivity contribution in [3.63, 3.8) is 0 Å². The second-order valence-corrected chi connectivity index (χ2v) is 16.0. The molecule has 290 valence electrons. The molecule has 12 aromatic rings. The zero-order chi connectivity index (χ0) is 41.0. The monoisotopic (exact) mass is 789 g/mol. The van der Waals surface area contributed by atoms with Crippen LogP contribution in [-0.4, -0.2) is 0 Å². The molecule has 12 rings (SSSR count). The van der Waals surface area contributed by atoms with Gasteiger partial charge in [-0.3, -0.25) is 0 Å². The van der Waals surface area contributed by atoms with Gasteiger partial charge in [-0.2, -0.15) is 0 Å². The van der Waals surface area contributed by atoms with Crippen molar-refractivity contribution in [2.75, 3.05) is 4.90 Å². The summed E-state index contributed by atoms with van der Waals surface area (Å²) in [6.45, 7) is 0. The van der Waals surface area contributed by atoms with Crippen LogP contribution in [0.5, 0.6) is 0 Å². The molecule has 2 heteroatoms. The third-order valence-corrected chi connectivity index (χ3v) is 12.4. The minimum atomic E-state index is 0.861. The fourth-order valence-corrected chi connectivity index (χ4v) is 9.52. The summed E-state index contributed by atoms with van der Waals surface area (Å²) in [6.07, 6.45) is 0. The van der Waals surface area contributed by atoms with Gasteiger partial charge in [0.05, 0.1) is 11.1 Å². The maximum Gasteiger partial charge on any atom is 0.145 e. The first-order valence-corrected chi connectivity index (χ1v) is 21.2. The summed E-state index contributed by atoms with van der Waals surface area (Å²) in [5, 5.41) is 9.49. The molecule has 0 atom stereocenters. The van der Waals surface area contributed by atoms with Crippen molar-refractivity contribution in [1.29, 1.82) is 0 Å². The summed E-state index contributed by atoms with van der Waals surface area (Å²) in [6, 6.07) is 85.4. The van der Waals surface area contributed by atoms with Gasteiger partial charge in [-0.1, -0.05) is 182 Å². The molecule has 0 bridgehead atoms. The molecule has 0 saturated carbocycles. The van der Waals surface area contributed by atoms with Gasteiger partial charge in [-0.15, -0.1) is 0 Å². The summed E-state index contributed by atoms with van der Waals surface area (Å²) >= 11 is 0. The van der Waals surface area contributed by atoms with Crippen LogP contribution < -0.4 is 4.90 Å². The van der Waals surface area contributed by atoms with Crippen LogP contribution in [0.2, 0.25) is 0 Å². The van der Waals surface area contributed by atoms with Crippen molar-refractivity contribution in [3.8, 4) is 44.5 Å². The lowest BCUT2D eigenvalue weighted by atomic mass is 9.92. The highest BCUT2D eigenvalue weighted by molar-refractivity contribution is 6.21. The number of anilines is 3. The minimum Gasteiger partial charge on any atom is -0.455 e. The highest BCUT2D eigenvalue weighted by Gasteiger charge is 2.24. The molecule has 0 saturated heterocycles. The maximum absolute atomic E-state index is 7.00. The molecule has 0 radical (unpaired) electrons. The van der Waals surface area contributed by atoms with E-state index in [1.54, 1.807) is 0 Å². The van der Waals surface area contributed by atoms with E-state index in [0.29, 0.717) is 0 Å². The van der Waals surface area contributed by atoms with Crippen LogP contribution in [0.25, 0.3) is 98.8 Å². The van der Waals surface area contributed by atoms with Gasteiger partial charge in [0.2, 0.25) is 0 Å². The first-order chi connectivity index (χ1) is 30.7. The van der Waals surface area contributed by atoms with Crippen LogP contribution in [0.3, 0.4) is 0 Å². The third-order valence-electron chi connectivity index (χ3n) is 12.4. The quantitative estimate of drug-likeness (QED) is 0.150. The first-order valence-electron chi connectivity index (χ1n) is 21.2. The van der Waals surface area contributed by atoms with Gasteiger partial charge in [0.25, 0.3) is 0 Å². The Morgan fingerprint density at radius 1 is 0.290 bits per heavy atom. The molecular formula is C60H39NO. The number of fused-ring (bicyclic) bond motifs is 7. The summed E-state index contributed by atoms with van der Waals surface area (Å²) in [7, 11) is 0. The molecule has 0 fully saturated rings. The van der Waals surface area contributed by atoms with E-state index in [9.17, 15) is 0 Å². The van der Waals surface area contributed by atoms with Gasteiger partial charge in [-0.25, -0.2) is 0 Å². The van der Waals surface area contributed by atoms with E-state index >= 15 is 0 Å². The highest BCUT2D eigenvalue weighted by atomic mass is 16.3. The zero-order valence-corrected chi connectivity index (χ0v) is 33.9. The van der Waals surface area contributed by atoms with E-state index in [1.807, 2.05) is 0 Å². The Kier molecular flexibility index (Phi) is 8.53. The minimum absolute atomic E-state index is 0.861. The van der Waals surface area contributed by atoms with Crippen molar-refractivity contribution < 1.29 is 4.42 Å². The van der Waals surface area contributed by atoms with Crippen LogP contribution in [0.1, 0.15) is 0 Å². The Morgan fingerprint density at radius 3 is 1.71 bits per heavy atom. The largest absolute Gasteiger partial charge is 0.455 e. The zero-order valence-electron chi connectivity index (χ0n) is 33.9. The molecule has 0 unspecified atom stereocenters. The Morgan fingerprint density at radius 2 is 0.887 bits per heavy atom. The van der Waals surface area contributed by atoms with Crippen molar-refractivity contribution >= 4 is 71.3 Å². The third kappa shape index (κ3) is 6.04. The lowest BCUT2D eigenvalue weighted by molar-refractivity contribution is 0.670. The van der Waals surface area contributed by atoms with Gasteiger partial charge in [0.15, 0.2) is 0 Å². The molecule has 0 N–H and O–H groups in total. The van der Waals surface area contributed by atoms with Gasteiger partial charge in [0.1, 0.15) is 11.2 Å². The van der Waals surface area contributed by atoms with Crippen LogP contribution >= 0.6 is 0 Å². The summed E-state index contributed by atoms with van der Waals surface area (Å²) in [5.41, 5.74) is 14.2. The number of nitrogens with zero attached hydrogens (tertiary/aromatic N) is 1. The molecule has 1 heterocycles. The highest BCUT2D eigenvalue weighted by Crippen LogP contribution is 2.48. The summed E-state index contributed by atoms with van der Waals surface area (Å²) < 4.78 is 7.00. The SMILES string of the molecule is c1ccc(-c2cccc(-c3ccc(N(c4cccc(-c5cccc6ccccc56)c4)c4ccc(-c5cc6ccccc6c6ccccc56)c5oc6ccccc6c45)cc3)c2)cc1. The summed E-state index contributed by atoms with van der Waals surface area (Å²) in [4.78, 5) is 2.41. The maximum atomic E-state index is 7.00. The lowest BCUT2D eigenvalue weighted by Crippen LogP contribution is -2.10. The van der Waals surface area contributed by atoms with Crippen molar-refractivity contribution in [2.45, 2.75) is 0 Å². The number of para-hydroxylation sites is 1. The number of hydrogen-bond acceptors (Lipinski definition) is 2. The Hall–Kier alpha value is -8.20. The van der Waals surface area contributed by atoms with E-state index in [2.05, 4.69) is 241 Å². The Labute approximate surface area is 360 Å². The van der Waals surface area contributed by atoms with Crippen molar-refractivity contribution in [3.05, 3.63) is 237 Å². The van der Waals surface area contributed by atoms with Crippen molar-refractivity contribution in [2.24, 2.45) is 0 Å². The molecular weight excluding hydrogens is 751 g/mol. The normalized spacial score (nSPS) is 11.5. The van der Waals surface area contributed by atoms with Gasteiger partial charge < -0.3 is 9.32 Å². The standard InChI is InChI=1S/C60H39NO/c1-2-15-40(16-3-1)43-20-12-21-44(37-43)41-31-33-47(34-32-41)61(48-23-13-22-45(38-48)50-29-14-19-42-17-4-6-24-49(42)50)57-36-35-54(60-59(57)55-28-10-11-30-58(55)62-60)56-39-46-18-5-7-25-51(46)52-26-8-9-27-53(52)56/h1-39H. The molecule has 0 amide bonds. The Balaban J connectivity index is 1.08. The van der Waals surface area contributed by atoms with E-state index in [0.717, 1.165) is 61.3 Å². The van der Waals surface area contributed by atoms with Gasteiger partial charge >= 0.3 is 0 Å². The smallest absolute Gasteiger partial charge is 0.145 e. The van der Waals surface area contributed by atoms with Crippen LogP contribution in [0, 0.1) is 0 Å².